The summed E-state index contributed by atoms with van der Waals surface area (Å²) in [5, 5.41) is 3.03. The summed E-state index contributed by atoms with van der Waals surface area (Å²) in [5.74, 6) is 0.730. The van der Waals surface area contributed by atoms with Crippen molar-refractivity contribution in [2.45, 2.75) is 25.6 Å². The number of piperidine rings is 1. The molecule has 34 heavy (non-hydrogen) atoms. The van der Waals surface area contributed by atoms with Crippen molar-refractivity contribution in [1.82, 2.24) is 20.1 Å². The highest BCUT2D eigenvalue weighted by Gasteiger charge is 2.32. The molecule has 2 aliphatic rings. The first-order chi connectivity index (χ1) is 16.3. The van der Waals surface area contributed by atoms with Gasteiger partial charge in [-0.05, 0) is 36.9 Å². The Kier molecular flexibility index (Phi) is 7.83. The van der Waals surface area contributed by atoms with Gasteiger partial charge >= 0.3 is 12.2 Å². The highest BCUT2D eigenvalue weighted by molar-refractivity contribution is 6.33. The molecule has 0 bridgehead atoms. The fraction of sp³-hybridized carbons (Fsp3) is 0.500. The number of amides is 2. The van der Waals surface area contributed by atoms with E-state index in [9.17, 15) is 18.0 Å². The molecule has 1 unspecified atom stereocenters. The first-order valence-electron chi connectivity index (χ1n) is 11.6. The Morgan fingerprint density at radius 3 is 2.53 bits per heavy atom. The minimum absolute atomic E-state index is 0.0370. The summed E-state index contributed by atoms with van der Waals surface area (Å²) >= 11 is 6.07. The fourth-order valence-electron chi connectivity index (χ4n) is 4.59. The van der Waals surface area contributed by atoms with E-state index in [2.05, 4.69) is 39.5 Å². The Morgan fingerprint density at radius 2 is 1.85 bits per heavy atom. The summed E-state index contributed by atoms with van der Waals surface area (Å²) in [4.78, 5) is 22.6. The third-order valence-corrected chi connectivity index (χ3v) is 6.69. The number of carbonyl (C=O) groups excluding carboxylic acids is 1. The van der Waals surface area contributed by atoms with Gasteiger partial charge in [0.25, 0.3) is 0 Å². The maximum atomic E-state index is 12.8. The van der Waals surface area contributed by atoms with Crippen molar-refractivity contribution in [1.29, 1.82) is 0 Å². The summed E-state index contributed by atoms with van der Waals surface area (Å²) in [5.41, 5.74) is 0.428. The summed E-state index contributed by atoms with van der Waals surface area (Å²) in [6.07, 6.45) is -1.47. The number of benzene rings is 1. The predicted octanol–water partition coefficient (Wildman–Crippen LogP) is 4.50. The van der Waals surface area contributed by atoms with Crippen molar-refractivity contribution in [3.05, 3.63) is 58.7 Å². The van der Waals surface area contributed by atoms with E-state index in [0.29, 0.717) is 44.5 Å². The smallest absolute Gasteiger partial charge is 0.352 e. The molecule has 0 saturated carbocycles. The van der Waals surface area contributed by atoms with E-state index in [1.54, 1.807) is 4.90 Å². The summed E-state index contributed by atoms with van der Waals surface area (Å²) in [7, 11) is 0. The van der Waals surface area contributed by atoms with Crippen LogP contribution in [0.1, 0.15) is 24.0 Å². The van der Waals surface area contributed by atoms with Crippen LogP contribution in [0, 0.1) is 5.92 Å². The molecule has 1 aromatic heterocycles. The van der Waals surface area contributed by atoms with Crippen molar-refractivity contribution in [2.75, 3.05) is 50.7 Å². The standard InChI is InChI=1S/C24H29ClF3N5O/c25-21-13-20(24(26,27)28)15-29-22(21)32-9-11-33(12-10-32)23(34)30-14-19-7-4-8-31(17-19)16-18-5-2-1-3-6-18/h1-3,5-6,13,15,19H,4,7-12,14,16-17H2,(H,30,34). The van der Waals surface area contributed by atoms with E-state index < -0.39 is 11.7 Å². The van der Waals surface area contributed by atoms with Crippen LogP contribution >= 0.6 is 11.6 Å². The molecule has 2 aromatic rings. The molecule has 10 heteroatoms. The topological polar surface area (TPSA) is 51.7 Å². The lowest BCUT2D eigenvalue weighted by molar-refractivity contribution is -0.137. The number of halogens is 4. The number of alkyl halides is 3. The SMILES string of the molecule is O=C(NCC1CCCN(Cc2ccccc2)C1)N1CCN(c2ncc(C(F)(F)F)cc2Cl)CC1. The molecule has 1 atom stereocenters. The van der Waals surface area contributed by atoms with Gasteiger partial charge in [0, 0.05) is 52.0 Å². The summed E-state index contributed by atoms with van der Waals surface area (Å²) < 4.78 is 38.5. The summed E-state index contributed by atoms with van der Waals surface area (Å²) in [6, 6.07) is 11.2. The lowest BCUT2D eigenvalue weighted by Gasteiger charge is -2.36. The van der Waals surface area contributed by atoms with Crippen molar-refractivity contribution >= 4 is 23.4 Å². The van der Waals surface area contributed by atoms with Crippen LogP contribution in [0.4, 0.5) is 23.8 Å². The Bertz CT molecular complexity index is 967. The van der Waals surface area contributed by atoms with Crippen molar-refractivity contribution in [3.63, 3.8) is 0 Å². The second-order valence-corrected chi connectivity index (χ2v) is 9.32. The van der Waals surface area contributed by atoms with E-state index in [0.717, 1.165) is 44.7 Å². The number of piperazine rings is 1. The zero-order valence-corrected chi connectivity index (χ0v) is 19.7. The van der Waals surface area contributed by atoms with Crippen LogP contribution in [-0.4, -0.2) is 66.6 Å². The molecule has 184 valence electrons. The molecule has 2 saturated heterocycles. The van der Waals surface area contributed by atoms with E-state index in [-0.39, 0.29) is 11.1 Å². The lowest BCUT2D eigenvalue weighted by Crippen LogP contribution is -2.53. The van der Waals surface area contributed by atoms with Crippen LogP contribution in [0.25, 0.3) is 0 Å². The molecular weight excluding hydrogens is 467 g/mol. The number of nitrogens with one attached hydrogen (secondary N) is 1. The van der Waals surface area contributed by atoms with E-state index in [1.165, 1.54) is 5.56 Å². The Morgan fingerprint density at radius 1 is 1.12 bits per heavy atom. The molecule has 6 nitrogen and oxygen atoms in total. The minimum atomic E-state index is -4.48. The van der Waals surface area contributed by atoms with Gasteiger partial charge in [-0.25, -0.2) is 9.78 Å². The van der Waals surface area contributed by atoms with Gasteiger partial charge < -0.3 is 15.1 Å². The zero-order chi connectivity index (χ0) is 24.1. The number of hydrogen-bond donors (Lipinski definition) is 1. The van der Waals surface area contributed by atoms with Crippen molar-refractivity contribution in [2.24, 2.45) is 5.92 Å². The Labute approximate surface area is 202 Å². The van der Waals surface area contributed by atoms with Gasteiger partial charge in [0.15, 0.2) is 0 Å². The Balaban J connectivity index is 1.22. The number of hydrogen-bond acceptors (Lipinski definition) is 4. The van der Waals surface area contributed by atoms with Crippen LogP contribution in [0.2, 0.25) is 5.02 Å². The Hall–Kier alpha value is -2.52. The van der Waals surface area contributed by atoms with Crippen molar-refractivity contribution < 1.29 is 18.0 Å². The molecular formula is C24H29ClF3N5O. The monoisotopic (exact) mass is 495 g/mol. The van der Waals surface area contributed by atoms with Gasteiger partial charge in [-0.3, -0.25) is 4.90 Å². The molecule has 2 amide bonds. The first-order valence-corrected chi connectivity index (χ1v) is 11.9. The van der Waals surface area contributed by atoms with E-state index in [1.807, 2.05) is 11.0 Å². The molecule has 0 spiro atoms. The van der Waals surface area contributed by atoms with E-state index >= 15 is 0 Å². The molecule has 2 fully saturated rings. The van der Waals surface area contributed by atoms with Gasteiger partial charge in [-0.2, -0.15) is 13.2 Å². The quantitative estimate of drug-likeness (QED) is 0.663. The number of anilines is 1. The van der Waals surface area contributed by atoms with Gasteiger partial charge in [0.2, 0.25) is 0 Å². The average Bonchev–Trinajstić information content (AvgIpc) is 2.83. The summed E-state index contributed by atoms with van der Waals surface area (Å²) in [6.45, 7) is 5.41. The van der Waals surface area contributed by atoms with Crippen LogP contribution in [0.3, 0.4) is 0 Å². The van der Waals surface area contributed by atoms with Crippen LogP contribution in [0.5, 0.6) is 0 Å². The van der Waals surface area contributed by atoms with Gasteiger partial charge in [-0.15, -0.1) is 0 Å². The minimum Gasteiger partial charge on any atom is -0.352 e. The average molecular weight is 496 g/mol. The number of rotatable bonds is 5. The lowest BCUT2D eigenvalue weighted by atomic mass is 9.97. The van der Waals surface area contributed by atoms with Crippen molar-refractivity contribution in [3.8, 4) is 0 Å². The zero-order valence-electron chi connectivity index (χ0n) is 18.9. The van der Waals surface area contributed by atoms with Gasteiger partial charge in [-0.1, -0.05) is 41.9 Å². The highest BCUT2D eigenvalue weighted by atomic mass is 35.5. The normalized spacial score (nSPS) is 19.8. The molecule has 3 heterocycles. The third-order valence-electron chi connectivity index (χ3n) is 6.41. The first kappa shape index (κ1) is 24.6. The number of urea groups is 1. The van der Waals surface area contributed by atoms with Gasteiger partial charge in [0.1, 0.15) is 5.82 Å². The maximum absolute atomic E-state index is 12.8. The molecule has 0 radical (unpaired) electrons. The molecule has 4 rings (SSSR count). The number of aromatic nitrogens is 1. The molecule has 1 N–H and O–H groups in total. The van der Waals surface area contributed by atoms with Crippen LogP contribution in [0.15, 0.2) is 42.6 Å². The highest BCUT2D eigenvalue weighted by Crippen LogP contribution is 2.33. The second kappa shape index (κ2) is 10.8. The maximum Gasteiger partial charge on any atom is 0.417 e. The van der Waals surface area contributed by atoms with E-state index in [4.69, 9.17) is 11.6 Å². The molecule has 1 aromatic carbocycles. The number of pyridine rings is 1. The van der Waals surface area contributed by atoms with Crippen LogP contribution < -0.4 is 10.2 Å². The number of likely N-dealkylation sites (tertiary alicyclic amines) is 1. The fourth-order valence-corrected chi connectivity index (χ4v) is 4.87. The van der Waals surface area contributed by atoms with Gasteiger partial charge in [0.05, 0.1) is 10.6 Å². The third kappa shape index (κ3) is 6.33. The molecule has 0 aliphatic carbocycles. The number of nitrogens with zero attached hydrogens (tertiary/aromatic N) is 4. The van der Waals surface area contributed by atoms with Crippen LogP contribution in [-0.2, 0) is 12.7 Å². The molecule has 2 aliphatic heterocycles. The largest absolute Gasteiger partial charge is 0.417 e. The predicted molar refractivity (Wildman–Crippen MR) is 126 cm³/mol. The number of carbonyl (C=O) groups is 1. The second-order valence-electron chi connectivity index (χ2n) is 8.92.